The van der Waals surface area contributed by atoms with Crippen LogP contribution in [0.4, 0.5) is 0 Å². The van der Waals surface area contributed by atoms with Crippen LogP contribution in [0.2, 0.25) is 0 Å². The molecule has 0 aromatic heterocycles. The summed E-state index contributed by atoms with van der Waals surface area (Å²) in [7, 11) is 0. The molecule has 2 N–H and O–H groups in total. The zero-order valence-electron chi connectivity index (χ0n) is 12.0. The van der Waals surface area contributed by atoms with Gasteiger partial charge in [-0.15, -0.1) is 12.4 Å². The lowest BCUT2D eigenvalue weighted by Gasteiger charge is -2.11. The van der Waals surface area contributed by atoms with Gasteiger partial charge in [0.2, 0.25) is 5.91 Å². The van der Waals surface area contributed by atoms with Gasteiger partial charge in [-0.25, -0.2) is 0 Å². The Morgan fingerprint density at radius 3 is 2.76 bits per heavy atom. The zero-order valence-corrected chi connectivity index (χ0v) is 12.8. The van der Waals surface area contributed by atoms with Crippen molar-refractivity contribution in [3.8, 4) is 0 Å². The first-order chi connectivity index (χ1) is 9.83. The van der Waals surface area contributed by atoms with Crippen molar-refractivity contribution in [3.05, 3.63) is 48.0 Å². The summed E-state index contributed by atoms with van der Waals surface area (Å²) in [4.78, 5) is 11.9. The van der Waals surface area contributed by atoms with Crippen LogP contribution >= 0.6 is 12.4 Å². The molecule has 4 heteroatoms. The Morgan fingerprint density at radius 1 is 1.19 bits per heavy atom. The van der Waals surface area contributed by atoms with Crippen LogP contribution in [0.1, 0.15) is 18.4 Å². The number of rotatable bonds is 4. The molecule has 1 atom stereocenters. The van der Waals surface area contributed by atoms with Gasteiger partial charge in [-0.2, -0.15) is 0 Å². The number of amides is 1. The van der Waals surface area contributed by atoms with Gasteiger partial charge >= 0.3 is 0 Å². The molecule has 1 aliphatic rings. The molecule has 0 saturated carbocycles. The average Bonchev–Trinajstić information content (AvgIpc) is 3.01. The van der Waals surface area contributed by atoms with Crippen LogP contribution in [0.3, 0.4) is 0 Å². The van der Waals surface area contributed by atoms with Crippen LogP contribution in [-0.2, 0) is 11.2 Å². The molecule has 0 spiro atoms. The van der Waals surface area contributed by atoms with E-state index in [4.69, 9.17) is 0 Å². The van der Waals surface area contributed by atoms with Gasteiger partial charge in [0, 0.05) is 6.54 Å². The van der Waals surface area contributed by atoms with Gasteiger partial charge in [0.05, 0.1) is 6.04 Å². The monoisotopic (exact) mass is 304 g/mol. The number of hydrogen-bond acceptors (Lipinski definition) is 2. The van der Waals surface area contributed by atoms with Crippen molar-refractivity contribution in [3.63, 3.8) is 0 Å². The second-order valence-electron chi connectivity index (χ2n) is 5.37. The minimum absolute atomic E-state index is 0. The summed E-state index contributed by atoms with van der Waals surface area (Å²) in [5.41, 5.74) is 1.27. The summed E-state index contributed by atoms with van der Waals surface area (Å²) >= 11 is 0. The quantitative estimate of drug-likeness (QED) is 0.912. The molecule has 0 bridgehead atoms. The minimum Gasteiger partial charge on any atom is -0.354 e. The molecule has 21 heavy (non-hydrogen) atoms. The molecule has 0 aliphatic carbocycles. The maximum absolute atomic E-state index is 11.9. The molecule has 1 aliphatic heterocycles. The number of nitrogens with one attached hydrogen (secondary N) is 2. The third kappa shape index (κ3) is 3.96. The number of hydrogen-bond donors (Lipinski definition) is 2. The molecule has 3 rings (SSSR count). The van der Waals surface area contributed by atoms with Crippen LogP contribution in [0.5, 0.6) is 0 Å². The molecule has 0 radical (unpaired) electrons. The lowest BCUT2D eigenvalue weighted by Crippen LogP contribution is -2.41. The SMILES string of the molecule is Cl.O=C(NCCc1ccc2ccccc2c1)C1CCCN1. The highest BCUT2D eigenvalue weighted by Gasteiger charge is 2.21. The summed E-state index contributed by atoms with van der Waals surface area (Å²) in [5, 5.41) is 8.75. The van der Waals surface area contributed by atoms with E-state index in [1.54, 1.807) is 0 Å². The van der Waals surface area contributed by atoms with Crippen molar-refractivity contribution in [2.75, 3.05) is 13.1 Å². The van der Waals surface area contributed by atoms with E-state index in [0.29, 0.717) is 6.54 Å². The topological polar surface area (TPSA) is 41.1 Å². The number of benzene rings is 2. The lowest BCUT2D eigenvalue weighted by atomic mass is 10.1. The third-order valence-electron chi connectivity index (χ3n) is 3.90. The Morgan fingerprint density at radius 2 is 2.00 bits per heavy atom. The average molecular weight is 305 g/mol. The van der Waals surface area contributed by atoms with Crippen molar-refractivity contribution < 1.29 is 4.79 Å². The zero-order chi connectivity index (χ0) is 13.8. The van der Waals surface area contributed by atoms with Gasteiger partial charge in [0.25, 0.3) is 0 Å². The van der Waals surface area contributed by atoms with Gasteiger partial charge in [0.1, 0.15) is 0 Å². The standard InChI is InChI=1S/C17H20N2O.ClH/c20-17(16-6-3-10-18-16)19-11-9-13-7-8-14-4-1-2-5-15(14)12-13;/h1-2,4-5,7-8,12,16,18H,3,6,9-11H2,(H,19,20);1H. The molecule has 2 aromatic carbocycles. The molecule has 112 valence electrons. The highest BCUT2D eigenvalue weighted by Crippen LogP contribution is 2.15. The van der Waals surface area contributed by atoms with Crippen molar-refractivity contribution in [1.82, 2.24) is 10.6 Å². The predicted molar refractivity (Wildman–Crippen MR) is 88.9 cm³/mol. The molecular formula is C17H21ClN2O. The maximum Gasteiger partial charge on any atom is 0.237 e. The van der Waals surface area contributed by atoms with Crippen LogP contribution < -0.4 is 10.6 Å². The first-order valence-corrected chi connectivity index (χ1v) is 7.32. The molecule has 1 heterocycles. The normalized spacial score (nSPS) is 17.4. The summed E-state index contributed by atoms with van der Waals surface area (Å²) < 4.78 is 0. The highest BCUT2D eigenvalue weighted by molar-refractivity contribution is 5.85. The van der Waals surface area contributed by atoms with E-state index in [1.165, 1.54) is 16.3 Å². The fraction of sp³-hybridized carbons (Fsp3) is 0.353. The fourth-order valence-electron chi connectivity index (χ4n) is 2.76. The molecule has 3 nitrogen and oxygen atoms in total. The van der Waals surface area contributed by atoms with Crippen LogP contribution in [0.15, 0.2) is 42.5 Å². The van der Waals surface area contributed by atoms with E-state index in [1.807, 2.05) is 0 Å². The van der Waals surface area contributed by atoms with Gasteiger partial charge in [-0.3, -0.25) is 4.79 Å². The highest BCUT2D eigenvalue weighted by atomic mass is 35.5. The first kappa shape index (κ1) is 15.8. The van der Waals surface area contributed by atoms with Gasteiger partial charge in [0.15, 0.2) is 0 Å². The Labute approximate surface area is 131 Å². The first-order valence-electron chi connectivity index (χ1n) is 7.32. The summed E-state index contributed by atoms with van der Waals surface area (Å²) in [6.45, 7) is 1.66. The van der Waals surface area contributed by atoms with Crippen molar-refractivity contribution in [1.29, 1.82) is 0 Å². The Bertz CT molecular complexity index is 609. The Hall–Kier alpha value is -1.58. The summed E-state index contributed by atoms with van der Waals surface area (Å²) in [6.07, 6.45) is 2.94. The van der Waals surface area contributed by atoms with E-state index in [2.05, 4.69) is 53.1 Å². The third-order valence-corrected chi connectivity index (χ3v) is 3.90. The molecular weight excluding hydrogens is 284 g/mol. The number of carbonyl (C=O) groups excluding carboxylic acids is 1. The number of halogens is 1. The predicted octanol–water partition coefficient (Wildman–Crippen LogP) is 2.67. The molecule has 1 amide bonds. The smallest absolute Gasteiger partial charge is 0.237 e. The van der Waals surface area contributed by atoms with Crippen LogP contribution in [0, 0.1) is 0 Å². The van der Waals surface area contributed by atoms with Crippen molar-refractivity contribution in [2.45, 2.75) is 25.3 Å². The Kier molecular flexibility index (Phi) is 5.59. The van der Waals surface area contributed by atoms with Crippen LogP contribution in [-0.4, -0.2) is 25.0 Å². The van der Waals surface area contributed by atoms with E-state index in [9.17, 15) is 4.79 Å². The molecule has 1 fully saturated rings. The number of fused-ring (bicyclic) bond motifs is 1. The van der Waals surface area contributed by atoms with Crippen LogP contribution in [0.25, 0.3) is 10.8 Å². The van der Waals surface area contributed by atoms with E-state index >= 15 is 0 Å². The lowest BCUT2D eigenvalue weighted by molar-refractivity contribution is -0.122. The Balaban J connectivity index is 0.00000161. The van der Waals surface area contributed by atoms with Gasteiger partial charge in [-0.1, -0.05) is 42.5 Å². The van der Waals surface area contributed by atoms with Gasteiger partial charge < -0.3 is 10.6 Å². The van der Waals surface area contributed by atoms with Crippen molar-refractivity contribution in [2.24, 2.45) is 0 Å². The van der Waals surface area contributed by atoms with Crippen molar-refractivity contribution >= 4 is 29.1 Å². The summed E-state index contributed by atoms with van der Waals surface area (Å²) in [5.74, 6) is 0.142. The second-order valence-corrected chi connectivity index (χ2v) is 5.37. The van der Waals surface area contributed by atoms with Gasteiger partial charge in [-0.05, 0) is 42.1 Å². The van der Waals surface area contributed by atoms with E-state index in [-0.39, 0.29) is 24.4 Å². The molecule has 2 aromatic rings. The minimum atomic E-state index is 0. The molecule has 1 unspecified atom stereocenters. The fourth-order valence-corrected chi connectivity index (χ4v) is 2.76. The second kappa shape index (κ2) is 7.43. The summed E-state index contributed by atoms with van der Waals surface area (Å²) in [6, 6.07) is 14.9. The van der Waals surface area contributed by atoms with E-state index in [0.717, 1.165) is 25.8 Å². The van der Waals surface area contributed by atoms with E-state index < -0.39 is 0 Å². The maximum atomic E-state index is 11.9. The number of carbonyl (C=O) groups is 1. The largest absolute Gasteiger partial charge is 0.354 e. The molecule has 1 saturated heterocycles.